The molecule has 5 nitrogen and oxygen atoms in total. The number of halogens is 1. The minimum atomic E-state index is 0. The lowest BCUT2D eigenvalue weighted by Crippen LogP contribution is -2.47. The second kappa shape index (κ2) is 7.01. The van der Waals surface area contributed by atoms with Crippen molar-refractivity contribution in [2.24, 2.45) is 5.41 Å². The van der Waals surface area contributed by atoms with Crippen molar-refractivity contribution in [3.8, 4) is 0 Å². The summed E-state index contributed by atoms with van der Waals surface area (Å²) in [5.41, 5.74) is 2.29. The third-order valence-corrected chi connectivity index (χ3v) is 5.35. The lowest BCUT2D eigenvalue weighted by Gasteiger charge is -2.44. The first-order valence-corrected chi connectivity index (χ1v) is 8.00. The zero-order valence-electron chi connectivity index (χ0n) is 13.5. The molecule has 1 N–H and O–H groups in total. The molecule has 0 atom stereocenters. The summed E-state index contributed by atoms with van der Waals surface area (Å²) in [5, 5.41) is 7.36. The van der Waals surface area contributed by atoms with Gasteiger partial charge in [-0.05, 0) is 58.0 Å². The standard InChI is InChI=1S/C16H25N3O2.ClH/c1-12-14(13(2)21-18-12)11-15(20)19-9-5-16(6-10-19)3-7-17-8-4-16;/h17H,3-11H2,1-2H3;1H. The summed E-state index contributed by atoms with van der Waals surface area (Å²) in [6.45, 7) is 7.85. The molecule has 22 heavy (non-hydrogen) atoms. The molecule has 3 heterocycles. The Morgan fingerprint density at radius 2 is 1.86 bits per heavy atom. The van der Waals surface area contributed by atoms with E-state index >= 15 is 0 Å². The first-order valence-electron chi connectivity index (χ1n) is 8.00. The molecule has 0 bridgehead atoms. The second-order valence-electron chi connectivity index (χ2n) is 6.61. The van der Waals surface area contributed by atoms with E-state index in [1.807, 2.05) is 18.7 Å². The van der Waals surface area contributed by atoms with Crippen LogP contribution in [0.5, 0.6) is 0 Å². The molecule has 124 valence electrons. The van der Waals surface area contributed by atoms with Crippen molar-refractivity contribution in [3.63, 3.8) is 0 Å². The average molecular weight is 328 g/mol. The number of nitrogens with one attached hydrogen (secondary N) is 1. The summed E-state index contributed by atoms with van der Waals surface area (Å²) >= 11 is 0. The smallest absolute Gasteiger partial charge is 0.227 e. The highest BCUT2D eigenvalue weighted by Crippen LogP contribution is 2.39. The van der Waals surface area contributed by atoms with Gasteiger partial charge in [0, 0.05) is 18.7 Å². The van der Waals surface area contributed by atoms with Crippen molar-refractivity contribution in [2.75, 3.05) is 26.2 Å². The average Bonchev–Trinajstić information content (AvgIpc) is 2.81. The highest BCUT2D eigenvalue weighted by atomic mass is 35.5. The molecule has 0 radical (unpaired) electrons. The van der Waals surface area contributed by atoms with Crippen LogP contribution in [0.25, 0.3) is 0 Å². The van der Waals surface area contributed by atoms with Crippen molar-refractivity contribution < 1.29 is 9.32 Å². The summed E-state index contributed by atoms with van der Waals surface area (Å²) < 4.78 is 5.15. The van der Waals surface area contributed by atoms with Crippen molar-refractivity contribution >= 4 is 18.3 Å². The van der Waals surface area contributed by atoms with E-state index in [1.165, 1.54) is 12.8 Å². The lowest BCUT2D eigenvalue weighted by molar-refractivity contribution is -0.133. The third-order valence-electron chi connectivity index (χ3n) is 5.35. The van der Waals surface area contributed by atoms with E-state index in [4.69, 9.17) is 4.52 Å². The van der Waals surface area contributed by atoms with Crippen molar-refractivity contribution in [1.29, 1.82) is 0 Å². The van der Waals surface area contributed by atoms with Gasteiger partial charge in [-0.25, -0.2) is 0 Å². The Morgan fingerprint density at radius 3 is 2.41 bits per heavy atom. The number of hydrogen-bond donors (Lipinski definition) is 1. The lowest BCUT2D eigenvalue weighted by atomic mass is 9.71. The zero-order chi connectivity index (χ0) is 14.9. The van der Waals surface area contributed by atoms with E-state index in [1.54, 1.807) is 0 Å². The third kappa shape index (κ3) is 3.46. The fraction of sp³-hybridized carbons (Fsp3) is 0.750. The van der Waals surface area contributed by atoms with Crippen LogP contribution in [0.3, 0.4) is 0 Å². The van der Waals surface area contributed by atoms with E-state index in [0.717, 1.165) is 56.0 Å². The van der Waals surface area contributed by atoms with Crippen LogP contribution in [0.15, 0.2) is 4.52 Å². The number of carbonyl (C=O) groups is 1. The minimum absolute atomic E-state index is 0. The van der Waals surface area contributed by atoms with Crippen LogP contribution in [0, 0.1) is 19.3 Å². The molecule has 0 aromatic carbocycles. The number of piperidine rings is 2. The fourth-order valence-electron chi connectivity index (χ4n) is 3.70. The Morgan fingerprint density at radius 1 is 1.23 bits per heavy atom. The molecule has 1 aromatic heterocycles. The molecular weight excluding hydrogens is 302 g/mol. The van der Waals surface area contributed by atoms with Gasteiger partial charge in [0.25, 0.3) is 0 Å². The van der Waals surface area contributed by atoms with Gasteiger partial charge in [0.1, 0.15) is 5.76 Å². The Kier molecular flexibility index (Phi) is 5.50. The summed E-state index contributed by atoms with van der Waals surface area (Å²) in [4.78, 5) is 14.5. The Hall–Kier alpha value is -1.07. The van der Waals surface area contributed by atoms with E-state index in [0.29, 0.717) is 11.8 Å². The van der Waals surface area contributed by atoms with Gasteiger partial charge in [0.05, 0.1) is 12.1 Å². The van der Waals surface area contributed by atoms with Crippen LogP contribution < -0.4 is 5.32 Å². The van der Waals surface area contributed by atoms with E-state index in [-0.39, 0.29) is 18.3 Å². The van der Waals surface area contributed by atoms with Gasteiger partial charge in [-0.2, -0.15) is 0 Å². The van der Waals surface area contributed by atoms with Crippen LogP contribution in [-0.2, 0) is 11.2 Å². The number of hydrogen-bond acceptors (Lipinski definition) is 4. The molecule has 1 spiro atoms. The summed E-state index contributed by atoms with van der Waals surface area (Å²) in [5.74, 6) is 0.987. The molecule has 2 fully saturated rings. The summed E-state index contributed by atoms with van der Waals surface area (Å²) in [6, 6.07) is 0. The zero-order valence-corrected chi connectivity index (χ0v) is 14.3. The molecule has 6 heteroatoms. The number of nitrogens with zero attached hydrogens (tertiary/aromatic N) is 2. The second-order valence-corrected chi connectivity index (χ2v) is 6.61. The number of amides is 1. The first kappa shape index (κ1) is 17.3. The van der Waals surface area contributed by atoms with Crippen LogP contribution in [0.4, 0.5) is 0 Å². The molecule has 0 unspecified atom stereocenters. The molecule has 2 aliphatic heterocycles. The van der Waals surface area contributed by atoms with E-state index in [9.17, 15) is 4.79 Å². The van der Waals surface area contributed by atoms with Gasteiger partial charge in [0.15, 0.2) is 0 Å². The Balaban J connectivity index is 0.00000176. The first-order chi connectivity index (χ1) is 10.1. The van der Waals surface area contributed by atoms with Gasteiger partial charge in [-0.1, -0.05) is 5.16 Å². The molecule has 0 saturated carbocycles. The number of carbonyl (C=O) groups excluding carboxylic acids is 1. The molecule has 2 saturated heterocycles. The van der Waals surface area contributed by atoms with Gasteiger partial charge in [-0.15, -0.1) is 12.4 Å². The number of aryl methyl sites for hydroxylation is 2. The normalized spacial score (nSPS) is 20.7. The van der Waals surface area contributed by atoms with E-state index in [2.05, 4.69) is 10.5 Å². The van der Waals surface area contributed by atoms with Gasteiger partial charge in [-0.3, -0.25) is 4.79 Å². The van der Waals surface area contributed by atoms with Crippen LogP contribution in [0.2, 0.25) is 0 Å². The van der Waals surface area contributed by atoms with Crippen molar-refractivity contribution in [3.05, 3.63) is 17.0 Å². The van der Waals surface area contributed by atoms with Gasteiger partial charge < -0.3 is 14.7 Å². The highest BCUT2D eigenvalue weighted by molar-refractivity contribution is 5.85. The maximum absolute atomic E-state index is 12.5. The number of rotatable bonds is 2. The topological polar surface area (TPSA) is 58.4 Å². The Bertz CT molecular complexity index is 494. The Labute approximate surface area is 138 Å². The monoisotopic (exact) mass is 327 g/mol. The predicted octanol–water partition coefficient (Wildman–Crippen LogP) is 2.25. The largest absolute Gasteiger partial charge is 0.361 e. The number of aromatic nitrogens is 1. The van der Waals surface area contributed by atoms with Crippen LogP contribution >= 0.6 is 12.4 Å². The van der Waals surface area contributed by atoms with Crippen molar-refractivity contribution in [1.82, 2.24) is 15.4 Å². The quantitative estimate of drug-likeness (QED) is 0.905. The maximum atomic E-state index is 12.5. The summed E-state index contributed by atoms with van der Waals surface area (Å²) in [7, 11) is 0. The predicted molar refractivity (Wildman–Crippen MR) is 87.3 cm³/mol. The van der Waals surface area contributed by atoms with Crippen LogP contribution in [-0.4, -0.2) is 42.1 Å². The molecule has 0 aliphatic carbocycles. The number of likely N-dealkylation sites (tertiary alicyclic amines) is 1. The highest BCUT2D eigenvalue weighted by Gasteiger charge is 2.36. The van der Waals surface area contributed by atoms with Crippen molar-refractivity contribution in [2.45, 2.75) is 46.0 Å². The molecule has 3 rings (SSSR count). The van der Waals surface area contributed by atoms with Crippen LogP contribution in [0.1, 0.15) is 42.7 Å². The minimum Gasteiger partial charge on any atom is -0.361 e. The van der Waals surface area contributed by atoms with Gasteiger partial charge >= 0.3 is 0 Å². The molecule has 2 aliphatic rings. The fourth-order valence-corrected chi connectivity index (χ4v) is 3.70. The van der Waals surface area contributed by atoms with Gasteiger partial charge in [0.2, 0.25) is 5.91 Å². The molecular formula is C16H26ClN3O2. The molecule has 1 aromatic rings. The molecule has 1 amide bonds. The van der Waals surface area contributed by atoms with E-state index < -0.39 is 0 Å². The SMILES string of the molecule is Cc1noc(C)c1CC(=O)N1CCC2(CCNCC2)CC1.Cl. The summed E-state index contributed by atoms with van der Waals surface area (Å²) in [6.07, 6.45) is 5.26. The maximum Gasteiger partial charge on any atom is 0.227 e.